The Morgan fingerprint density at radius 3 is 2.44 bits per heavy atom. The Kier molecular flexibility index (Phi) is 4.03. The van der Waals surface area contributed by atoms with Gasteiger partial charge in [0.25, 0.3) is 0 Å². The molecular weight excluding hydrogens is 220 g/mol. The second-order valence-corrected chi connectivity index (χ2v) is 5.93. The van der Waals surface area contributed by atoms with Crippen LogP contribution in [0.15, 0.2) is 23.1 Å². The molecule has 3 heteroatoms. The number of hydrogen-bond acceptors (Lipinski definition) is 2. The van der Waals surface area contributed by atoms with Crippen LogP contribution in [-0.2, 0) is 10.2 Å². The zero-order valence-corrected chi connectivity index (χ0v) is 11.0. The Balaban J connectivity index is 2.88. The summed E-state index contributed by atoms with van der Waals surface area (Å²) in [5.74, 6) is -0.653. The van der Waals surface area contributed by atoms with Gasteiger partial charge in [0.1, 0.15) is 0 Å². The third-order valence-electron chi connectivity index (χ3n) is 2.39. The van der Waals surface area contributed by atoms with E-state index in [4.69, 9.17) is 5.11 Å². The number of aryl methyl sites for hydroxylation is 1. The highest BCUT2D eigenvalue weighted by atomic mass is 32.2. The van der Waals surface area contributed by atoms with Crippen LogP contribution in [0, 0.1) is 6.92 Å². The SMILES string of the molecule is Cc1cc(C(C)(C)C)ccc1SCC(=O)O. The summed E-state index contributed by atoms with van der Waals surface area (Å²) in [4.78, 5) is 11.5. The summed E-state index contributed by atoms with van der Waals surface area (Å²) >= 11 is 1.37. The zero-order chi connectivity index (χ0) is 12.3. The molecule has 1 aromatic carbocycles. The number of hydrogen-bond donors (Lipinski definition) is 1. The molecular formula is C13H18O2S. The second-order valence-electron chi connectivity index (χ2n) is 4.91. The van der Waals surface area contributed by atoms with E-state index in [9.17, 15) is 4.79 Å². The van der Waals surface area contributed by atoms with Crippen molar-refractivity contribution >= 4 is 17.7 Å². The van der Waals surface area contributed by atoms with E-state index in [2.05, 4.69) is 32.9 Å². The van der Waals surface area contributed by atoms with Crippen LogP contribution in [0.1, 0.15) is 31.9 Å². The van der Waals surface area contributed by atoms with Gasteiger partial charge in [0.2, 0.25) is 0 Å². The van der Waals surface area contributed by atoms with Crippen LogP contribution in [0.5, 0.6) is 0 Å². The Morgan fingerprint density at radius 2 is 2.00 bits per heavy atom. The molecule has 0 spiro atoms. The van der Waals surface area contributed by atoms with E-state index in [1.165, 1.54) is 17.3 Å². The predicted octanol–water partition coefficient (Wildman–Crippen LogP) is 3.47. The van der Waals surface area contributed by atoms with Crippen molar-refractivity contribution in [3.63, 3.8) is 0 Å². The molecule has 1 N–H and O–H groups in total. The summed E-state index contributed by atoms with van der Waals surface area (Å²) in [7, 11) is 0. The average molecular weight is 238 g/mol. The van der Waals surface area contributed by atoms with Gasteiger partial charge in [-0.2, -0.15) is 0 Å². The fourth-order valence-electron chi connectivity index (χ4n) is 1.42. The molecule has 0 heterocycles. The van der Waals surface area contributed by atoms with Crippen LogP contribution in [-0.4, -0.2) is 16.8 Å². The molecule has 0 aliphatic heterocycles. The van der Waals surface area contributed by atoms with Crippen molar-refractivity contribution in [1.82, 2.24) is 0 Å². The van der Waals surface area contributed by atoms with Crippen LogP contribution < -0.4 is 0 Å². The fraction of sp³-hybridized carbons (Fsp3) is 0.462. The molecule has 2 nitrogen and oxygen atoms in total. The van der Waals surface area contributed by atoms with Gasteiger partial charge in [0, 0.05) is 4.90 Å². The van der Waals surface area contributed by atoms with Crippen LogP contribution in [0.2, 0.25) is 0 Å². The van der Waals surface area contributed by atoms with Gasteiger partial charge in [-0.3, -0.25) is 4.79 Å². The summed E-state index contributed by atoms with van der Waals surface area (Å²) in [5, 5.41) is 8.63. The number of carboxylic acid groups (broad SMARTS) is 1. The van der Waals surface area contributed by atoms with E-state index in [0.29, 0.717) is 0 Å². The van der Waals surface area contributed by atoms with Crippen molar-refractivity contribution in [3.8, 4) is 0 Å². The van der Waals surface area contributed by atoms with E-state index < -0.39 is 5.97 Å². The maximum Gasteiger partial charge on any atom is 0.313 e. The van der Waals surface area contributed by atoms with Crippen LogP contribution in [0.4, 0.5) is 0 Å². The first-order chi connectivity index (χ1) is 7.30. The van der Waals surface area contributed by atoms with Gasteiger partial charge in [-0.05, 0) is 29.5 Å². The minimum Gasteiger partial charge on any atom is -0.481 e. The molecule has 0 radical (unpaired) electrons. The third kappa shape index (κ3) is 3.56. The lowest BCUT2D eigenvalue weighted by atomic mass is 9.86. The Labute approximate surface area is 101 Å². The number of benzene rings is 1. The summed E-state index contributed by atoms with van der Waals surface area (Å²) in [5.41, 5.74) is 2.57. The smallest absolute Gasteiger partial charge is 0.313 e. The van der Waals surface area contributed by atoms with Crippen LogP contribution in [0.3, 0.4) is 0 Å². The van der Waals surface area contributed by atoms with Crippen molar-refractivity contribution in [3.05, 3.63) is 29.3 Å². The molecule has 0 unspecified atom stereocenters. The Bertz CT molecular complexity index is 391. The van der Waals surface area contributed by atoms with Gasteiger partial charge in [-0.15, -0.1) is 11.8 Å². The van der Waals surface area contributed by atoms with Crippen molar-refractivity contribution in [1.29, 1.82) is 0 Å². The highest BCUT2D eigenvalue weighted by molar-refractivity contribution is 8.00. The number of aliphatic carboxylic acids is 1. The number of carboxylic acids is 1. The Hall–Kier alpha value is -0.960. The minimum atomic E-state index is -0.774. The molecule has 1 aromatic rings. The van der Waals surface area contributed by atoms with Crippen molar-refractivity contribution < 1.29 is 9.90 Å². The lowest BCUT2D eigenvalue weighted by molar-refractivity contribution is -0.133. The first kappa shape index (κ1) is 13.1. The standard InChI is InChI=1S/C13H18O2S/c1-9-7-10(13(2,3)4)5-6-11(9)16-8-12(14)15/h5-7H,8H2,1-4H3,(H,14,15). The number of thioether (sulfide) groups is 1. The predicted molar refractivity (Wildman–Crippen MR) is 68.2 cm³/mol. The zero-order valence-electron chi connectivity index (χ0n) is 10.2. The van der Waals surface area contributed by atoms with Gasteiger partial charge < -0.3 is 5.11 Å². The van der Waals surface area contributed by atoms with Gasteiger partial charge in [-0.1, -0.05) is 32.9 Å². The molecule has 0 aliphatic rings. The first-order valence-electron chi connectivity index (χ1n) is 5.26. The van der Waals surface area contributed by atoms with E-state index >= 15 is 0 Å². The van der Waals surface area contributed by atoms with Gasteiger partial charge in [0.05, 0.1) is 5.75 Å². The molecule has 16 heavy (non-hydrogen) atoms. The summed E-state index contributed by atoms with van der Waals surface area (Å²) in [6.07, 6.45) is 0. The fourth-order valence-corrected chi connectivity index (χ4v) is 2.15. The average Bonchev–Trinajstić information content (AvgIpc) is 2.14. The summed E-state index contributed by atoms with van der Waals surface area (Å²) in [6.45, 7) is 8.54. The molecule has 0 bridgehead atoms. The van der Waals surface area contributed by atoms with Crippen molar-refractivity contribution in [2.24, 2.45) is 0 Å². The third-order valence-corrected chi connectivity index (χ3v) is 3.55. The molecule has 0 aliphatic carbocycles. The van der Waals surface area contributed by atoms with Gasteiger partial charge in [0.15, 0.2) is 0 Å². The maximum absolute atomic E-state index is 10.5. The lowest BCUT2D eigenvalue weighted by Crippen LogP contribution is -2.11. The molecule has 88 valence electrons. The lowest BCUT2D eigenvalue weighted by Gasteiger charge is -2.20. The van der Waals surface area contributed by atoms with Crippen LogP contribution >= 0.6 is 11.8 Å². The molecule has 1 rings (SSSR count). The number of carbonyl (C=O) groups is 1. The monoisotopic (exact) mass is 238 g/mol. The highest BCUT2D eigenvalue weighted by Gasteiger charge is 2.14. The van der Waals surface area contributed by atoms with E-state index in [0.717, 1.165) is 10.5 Å². The van der Waals surface area contributed by atoms with E-state index in [-0.39, 0.29) is 11.2 Å². The molecule has 0 aromatic heterocycles. The molecule has 0 amide bonds. The minimum absolute atomic E-state index is 0.121. The molecule has 0 fully saturated rings. The van der Waals surface area contributed by atoms with Crippen molar-refractivity contribution in [2.45, 2.75) is 38.0 Å². The molecule has 0 saturated carbocycles. The van der Waals surface area contributed by atoms with Crippen molar-refractivity contribution in [2.75, 3.05) is 5.75 Å². The largest absolute Gasteiger partial charge is 0.481 e. The first-order valence-corrected chi connectivity index (χ1v) is 6.25. The second kappa shape index (κ2) is 4.91. The van der Waals surface area contributed by atoms with E-state index in [1.54, 1.807) is 0 Å². The summed E-state index contributed by atoms with van der Waals surface area (Å²) in [6, 6.07) is 6.24. The molecule has 0 saturated heterocycles. The normalized spacial score (nSPS) is 11.5. The number of rotatable bonds is 3. The topological polar surface area (TPSA) is 37.3 Å². The molecule has 0 atom stereocenters. The van der Waals surface area contributed by atoms with Crippen LogP contribution in [0.25, 0.3) is 0 Å². The van der Waals surface area contributed by atoms with Gasteiger partial charge >= 0.3 is 5.97 Å². The van der Waals surface area contributed by atoms with E-state index in [1.807, 2.05) is 13.0 Å². The Morgan fingerprint density at radius 1 is 1.38 bits per heavy atom. The maximum atomic E-state index is 10.5. The quantitative estimate of drug-likeness (QED) is 0.819. The summed E-state index contributed by atoms with van der Waals surface area (Å²) < 4.78 is 0. The van der Waals surface area contributed by atoms with Gasteiger partial charge in [-0.25, -0.2) is 0 Å². The highest BCUT2D eigenvalue weighted by Crippen LogP contribution is 2.28.